The van der Waals surface area contributed by atoms with Crippen LogP contribution in [0.15, 0.2) is 0 Å². The fourth-order valence-corrected chi connectivity index (χ4v) is 2.22. The molecule has 1 N–H and O–H groups in total. The Bertz CT molecular complexity index is 176. The Labute approximate surface area is 93.2 Å². The molecule has 0 radical (unpaired) electrons. The average molecular weight is 212 g/mol. The lowest BCUT2D eigenvalue weighted by Gasteiger charge is -2.26. The molecule has 0 unspecified atom stereocenters. The zero-order valence-electron chi connectivity index (χ0n) is 9.87. The second-order valence-electron chi connectivity index (χ2n) is 4.89. The first-order valence-corrected chi connectivity index (χ1v) is 6.40. The van der Waals surface area contributed by atoms with Crippen LogP contribution >= 0.6 is 0 Å². The van der Waals surface area contributed by atoms with Gasteiger partial charge in [-0.2, -0.15) is 0 Å². The predicted molar refractivity (Wildman–Crippen MR) is 62.1 cm³/mol. The van der Waals surface area contributed by atoms with Crippen molar-refractivity contribution >= 4 is 0 Å². The van der Waals surface area contributed by atoms with Crippen molar-refractivity contribution in [2.75, 3.05) is 39.4 Å². The van der Waals surface area contributed by atoms with Crippen molar-refractivity contribution in [2.24, 2.45) is 5.92 Å². The first-order valence-electron chi connectivity index (χ1n) is 6.40. The van der Waals surface area contributed by atoms with E-state index in [9.17, 15) is 0 Å². The lowest BCUT2D eigenvalue weighted by molar-refractivity contribution is 0.0374. The lowest BCUT2D eigenvalue weighted by Crippen LogP contribution is -2.38. The zero-order chi connectivity index (χ0) is 10.5. The summed E-state index contributed by atoms with van der Waals surface area (Å²) in [6.07, 6.45) is 4.16. The van der Waals surface area contributed by atoms with E-state index in [1.165, 1.54) is 32.4 Å². The van der Waals surface area contributed by atoms with Crippen LogP contribution in [-0.2, 0) is 4.74 Å². The summed E-state index contributed by atoms with van der Waals surface area (Å²) >= 11 is 0. The summed E-state index contributed by atoms with van der Waals surface area (Å²) in [6.45, 7) is 8.82. The van der Waals surface area contributed by atoms with Crippen molar-refractivity contribution < 1.29 is 4.74 Å². The van der Waals surface area contributed by atoms with Crippen LogP contribution in [0.2, 0.25) is 0 Å². The second-order valence-corrected chi connectivity index (χ2v) is 4.89. The Hall–Kier alpha value is -0.120. The van der Waals surface area contributed by atoms with Gasteiger partial charge in [0.2, 0.25) is 0 Å². The van der Waals surface area contributed by atoms with Gasteiger partial charge in [-0.25, -0.2) is 0 Å². The number of nitrogens with one attached hydrogen (secondary N) is 1. The van der Waals surface area contributed by atoms with E-state index in [0.717, 1.165) is 38.3 Å². The van der Waals surface area contributed by atoms with Crippen molar-refractivity contribution in [3.8, 4) is 0 Å². The molecule has 0 spiro atoms. The largest absolute Gasteiger partial charge is 0.379 e. The third-order valence-electron chi connectivity index (χ3n) is 3.55. The van der Waals surface area contributed by atoms with Crippen molar-refractivity contribution in [1.29, 1.82) is 0 Å². The minimum absolute atomic E-state index is 0.745. The third-order valence-corrected chi connectivity index (χ3v) is 3.55. The van der Waals surface area contributed by atoms with E-state index in [0.29, 0.717) is 0 Å². The maximum atomic E-state index is 5.33. The molecule has 1 aliphatic carbocycles. The molecule has 2 fully saturated rings. The second kappa shape index (κ2) is 5.83. The maximum absolute atomic E-state index is 5.33. The van der Waals surface area contributed by atoms with E-state index in [-0.39, 0.29) is 0 Å². The molecule has 1 atom stereocenters. The number of rotatable bonds is 6. The zero-order valence-corrected chi connectivity index (χ0v) is 9.87. The van der Waals surface area contributed by atoms with Gasteiger partial charge < -0.3 is 10.1 Å². The summed E-state index contributed by atoms with van der Waals surface area (Å²) in [5, 5.41) is 3.63. The van der Waals surface area contributed by atoms with Gasteiger partial charge in [-0.3, -0.25) is 4.90 Å². The van der Waals surface area contributed by atoms with Crippen LogP contribution in [0.5, 0.6) is 0 Å². The Morgan fingerprint density at radius 2 is 2.07 bits per heavy atom. The first kappa shape index (κ1) is 11.4. The van der Waals surface area contributed by atoms with Crippen LogP contribution in [0.25, 0.3) is 0 Å². The molecule has 0 bridgehead atoms. The lowest BCUT2D eigenvalue weighted by atomic mass is 10.2. The smallest absolute Gasteiger partial charge is 0.0594 e. The molecular weight excluding hydrogens is 188 g/mol. The highest BCUT2D eigenvalue weighted by Crippen LogP contribution is 2.32. The van der Waals surface area contributed by atoms with Crippen LogP contribution in [0.4, 0.5) is 0 Å². The van der Waals surface area contributed by atoms with Gasteiger partial charge in [0.25, 0.3) is 0 Å². The molecule has 3 heteroatoms. The van der Waals surface area contributed by atoms with Crippen molar-refractivity contribution in [1.82, 2.24) is 10.2 Å². The molecule has 0 aromatic carbocycles. The SMILES string of the molecule is C[C@@H](NCCCN1CCOCC1)C1CC1. The standard InChI is InChI=1S/C12H24N2O/c1-11(12-3-4-12)13-5-2-6-14-7-9-15-10-8-14/h11-13H,2-10H2,1H3/t11-/m1/s1. The fourth-order valence-electron chi connectivity index (χ4n) is 2.22. The summed E-state index contributed by atoms with van der Waals surface area (Å²) in [5.41, 5.74) is 0. The van der Waals surface area contributed by atoms with Crippen LogP contribution in [0.1, 0.15) is 26.2 Å². The Balaban J connectivity index is 1.46. The summed E-state index contributed by atoms with van der Waals surface area (Å²) in [7, 11) is 0. The molecule has 1 heterocycles. The topological polar surface area (TPSA) is 24.5 Å². The molecule has 1 aliphatic heterocycles. The molecule has 1 saturated heterocycles. The van der Waals surface area contributed by atoms with Gasteiger partial charge in [0.1, 0.15) is 0 Å². The minimum Gasteiger partial charge on any atom is -0.379 e. The third kappa shape index (κ3) is 4.09. The van der Waals surface area contributed by atoms with Crippen LogP contribution in [-0.4, -0.2) is 50.3 Å². The van der Waals surface area contributed by atoms with Gasteiger partial charge in [0.05, 0.1) is 13.2 Å². The van der Waals surface area contributed by atoms with Crippen molar-refractivity contribution in [3.05, 3.63) is 0 Å². The number of nitrogens with zero attached hydrogens (tertiary/aromatic N) is 1. The summed E-state index contributed by atoms with van der Waals surface area (Å²) < 4.78 is 5.33. The van der Waals surface area contributed by atoms with E-state index < -0.39 is 0 Å². The van der Waals surface area contributed by atoms with E-state index in [2.05, 4.69) is 17.1 Å². The highest BCUT2D eigenvalue weighted by molar-refractivity contribution is 4.83. The number of hydrogen-bond donors (Lipinski definition) is 1. The first-order chi connectivity index (χ1) is 7.36. The van der Waals surface area contributed by atoms with Gasteiger partial charge in [-0.15, -0.1) is 0 Å². The quantitative estimate of drug-likeness (QED) is 0.667. The van der Waals surface area contributed by atoms with Crippen LogP contribution < -0.4 is 5.32 Å². The molecule has 2 aliphatic rings. The minimum atomic E-state index is 0.745. The molecule has 1 saturated carbocycles. The molecule has 3 nitrogen and oxygen atoms in total. The van der Waals surface area contributed by atoms with E-state index in [1.54, 1.807) is 0 Å². The van der Waals surface area contributed by atoms with Gasteiger partial charge in [0, 0.05) is 19.1 Å². The van der Waals surface area contributed by atoms with Crippen molar-refractivity contribution in [2.45, 2.75) is 32.2 Å². The Morgan fingerprint density at radius 1 is 1.33 bits per heavy atom. The van der Waals surface area contributed by atoms with Gasteiger partial charge >= 0.3 is 0 Å². The van der Waals surface area contributed by atoms with E-state index in [1.807, 2.05) is 0 Å². The van der Waals surface area contributed by atoms with Gasteiger partial charge in [-0.05, 0) is 45.2 Å². The number of ether oxygens (including phenoxy) is 1. The summed E-state index contributed by atoms with van der Waals surface area (Å²) in [4.78, 5) is 2.51. The average Bonchev–Trinajstić information content (AvgIpc) is 3.09. The number of morpholine rings is 1. The predicted octanol–water partition coefficient (Wildman–Crippen LogP) is 1.10. The Morgan fingerprint density at radius 3 is 2.73 bits per heavy atom. The molecular formula is C12H24N2O. The monoisotopic (exact) mass is 212 g/mol. The highest BCUT2D eigenvalue weighted by Gasteiger charge is 2.27. The molecule has 15 heavy (non-hydrogen) atoms. The van der Waals surface area contributed by atoms with Gasteiger partial charge in [0.15, 0.2) is 0 Å². The fraction of sp³-hybridized carbons (Fsp3) is 1.00. The summed E-state index contributed by atoms with van der Waals surface area (Å²) in [6, 6.07) is 0.745. The Kier molecular flexibility index (Phi) is 4.42. The van der Waals surface area contributed by atoms with Crippen LogP contribution in [0, 0.1) is 5.92 Å². The van der Waals surface area contributed by atoms with E-state index >= 15 is 0 Å². The molecule has 0 amide bonds. The molecule has 88 valence electrons. The van der Waals surface area contributed by atoms with Gasteiger partial charge in [-0.1, -0.05) is 0 Å². The number of hydrogen-bond acceptors (Lipinski definition) is 3. The normalized spacial score (nSPS) is 25.4. The molecule has 0 aromatic heterocycles. The van der Waals surface area contributed by atoms with E-state index in [4.69, 9.17) is 4.74 Å². The van der Waals surface area contributed by atoms with Crippen LogP contribution in [0.3, 0.4) is 0 Å². The summed E-state index contributed by atoms with van der Waals surface area (Å²) in [5.74, 6) is 0.980. The highest BCUT2D eigenvalue weighted by atomic mass is 16.5. The molecule has 0 aromatic rings. The molecule has 2 rings (SSSR count). The maximum Gasteiger partial charge on any atom is 0.0594 e. The van der Waals surface area contributed by atoms with Crippen molar-refractivity contribution in [3.63, 3.8) is 0 Å².